The van der Waals surface area contributed by atoms with Crippen LogP contribution in [0.25, 0.3) is 11.0 Å². The number of nitrogens with zero attached hydrogens (tertiary/aromatic N) is 1. The van der Waals surface area contributed by atoms with Crippen molar-refractivity contribution in [2.45, 2.75) is 18.9 Å². The Hall–Kier alpha value is -1.81. The van der Waals surface area contributed by atoms with Crippen molar-refractivity contribution in [3.8, 4) is 0 Å². The smallest absolute Gasteiger partial charge is 0.257 e. The largest absolute Gasteiger partial charge is 0.463 e. The maximum atomic E-state index is 12.6. The van der Waals surface area contributed by atoms with E-state index in [1.807, 2.05) is 36.2 Å². The van der Waals surface area contributed by atoms with E-state index >= 15 is 0 Å². The molecule has 4 nitrogen and oxygen atoms in total. The van der Waals surface area contributed by atoms with Crippen LogP contribution in [0, 0.1) is 0 Å². The molecule has 1 aliphatic heterocycles. The summed E-state index contributed by atoms with van der Waals surface area (Å²) in [6, 6.07) is 7.98. The van der Waals surface area contributed by atoms with Crippen LogP contribution >= 0.6 is 0 Å². The molecule has 0 spiro atoms. The van der Waals surface area contributed by atoms with Crippen LogP contribution in [-0.2, 0) is 0 Å². The van der Waals surface area contributed by atoms with Crippen molar-refractivity contribution in [2.24, 2.45) is 0 Å². The highest BCUT2D eigenvalue weighted by Gasteiger charge is 2.24. The van der Waals surface area contributed by atoms with E-state index in [0.29, 0.717) is 11.6 Å². The average molecular weight is 258 g/mol. The molecule has 4 heteroatoms. The molecule has 0 atom stereocenters. The summed E-state index contributed by atoms with van der Waals surface area (Å²) < 4.78 is 5.45. The van der Waals surface area contributed by atoms with Crippen molar-refractivity contribution in [1.82, 2.24) is 10.2 Å². The fourth-order valence-electron chi connectivity index (χ4n) is 2.69. The number of fused-ring (bicyclic) bond motifs is 1. The molecular weight excluding hydrogens is 240 g/mol. The summed E-state index contributed by atoms with van der Waals surface area (Å²) in [6.45, 7) is 1.96. The second-order valence-corrected chi connectivity index (χ2v) is 5.04. The molecule has 1 amide bonds. The number of nitrogens with one attached hydrogen (secondary N) is 1. The van der Waals surface area contributed by atoms with Gasteiger partial charge in [-0.2, -0.15) is 0 Å². The highest BCUT2D eigenvalue weighted by molar-refractivity contribution is 6.05. The van der Waals surface area contributed by atoms with Crippen LogP contribution in [0.3, 0.4) is 0 Å². The SMILES string of the molecule is CN(C(=O)c1coc2ccccc12)C1CCNCC1. The first kappa shape index (κ1) is 12.2. The summed E-state index contributed by atoms with van der Waals surface area (Å²) in [6.07, 6.45) is 3.60. The van der Waals surface area contributed by atoms with E-state index in [1.54, 1.807) is 6.26 Å². The third-order valence-electron chi connectivity index (χ3n) is 3.89. The van der Waals surface area contributed by atoms with Crippen molar-refractivity contribution < 1.29 is 9.21 Å². The number of carbonyl (C=O) groups excluding carboxylic acids is 1. The number of amides is 1. The zero-order valence-electron chi connectivity index (χ0n) is 11.1. The molecule has 0 unspecified atom stereocenters. The van der Waals surface area contributed by atoms with Crippen LogP contribution in [0.5, 0.6) is 0 Å². The highest BCUT2D eigenvalue weighted by atomic mass is 16.3. The molecule has 1 saturated heterocycles. The number of hydrogen-bond acceptors (Lipinski definition) is 3. The Kier molecular flexibility index (Phi) is 3.25. The molecule has 1 aromatic carbocycles. The summed E-state index contributed by atoms with van der Waals surface area (Å²) >= 11 is 0. The standard InChI is InChI=1S/C15H18N2O2/c1-17(11-6-8-16-9-7-11)15(18)13-10-19-14-5-3-2-4-12(13)14/h2-5,10-11,16H,6-9H2,1H3. The Morgan fingerprint density at radius 1 is 1.32 bits per heavy atom. The molecule has 1 fully saturated rings. The predicted octanol–water partition coefficient (Wildman–Crippen LogP) is 2.26. The number of rotatable bonds is 2. The van der Waals surface area contributed by atoms with Crippen LogP contribution in [-0.4, -0.2) is 37.0 Å². The van der Waals surface area contributed by atoms with Gasteiger partial charge in [-0.25, -0.2) is 0 Å². The molecular formula is C15H18N2O2. The van der Waals surface area contributed by atoms with Crippen LogP contribution in [0.4, 0.5) is 0 Å². The van der Waals surface area contributed by atoms with Gasteiger partial charge in [0.1, 0.15) is 11.8 Å². The first-order valence-electron chi connectivity index (χ1n) is 6.71. The van der Waals surface area contributed by atoms with Crippen molar-refractivity contribution >= 4 is 16.9 Å². The van der Waals surface area contributed by atoms with Gasteiger partial charge in [-0.1, -0.05) is 18.2 Å². The number of furan rings is 1. The lowest BCUT2D eigenvalue weighted by atomic mass is 10.0. The number of hydrogen-bond donors (Lipinski definition) is 1. The quantitative estimate of drug-likeness (QED) is 0.898. The van der Waals surface area contributed by atoms with Gasteiger partial charge in [0.25, 0.3) is 5.91 Å². The summed E-state index contributed by atoms with van der Waals surface area (Å²) in [4.78, 5) is 14.4. The molecule has 2 aromatic rings. The van der Waals surface area contributed by atoms with Gasteiger partial charge < -0.3 is 14.6 Å². The zero-order chi connectivity index (χ0) is 13.2. The number of para-hydroxylation sites is 1. The van der Waals surface area contributed by atoms with Crippen molar-refractivity contribution in [3.63, 3.8) is 0 Å². The van der Waals surface area contributed by atoms with E-state index in [4.69, 9.17) is 4.42 Å². The number of benzene rings is 1. The number of carbonyl (C=O) groups is 1. The molecule has 1 N–H and O–H groups in total. The third kappa shape index (κ3) is 2.24. The normalized spacial score (nSPS) is 16.7. The minimum Gasteiger partial charge on any atom is -0.463 e. The fourth-order valence-corrected chi connectivity index (χ4v) is 2.69. The van der Waals surface area contributed by atoms with Gasteiger partial charge >= 0.3 is 0 Å². The van der Waals surface area contributed by atoms with E-state index in [9.17, 15) is 4.79 Å². The Morgan fingerprint density at radius 2 is 2.05 bits per heavy atom. The fraction of sp³-hybridized carbons (Fsp3) is 0.400. The minimum atomic E-state index is 0.0526. The molecule has 0 bridgehead atoms. The molecule has 3 rings (SSSR count). The Labute approximate surface area is 112 Å². The van der Waals surface area contributed by atoms with E-state index < -0.39 is 0 Å². The van der Waals surface area contributed by atoms with Gasteiger partial charge in [-0.05, 0) is 32.0 Å². The molecule has 1 aromatic heterocycles. The van der Waals surface area contributed by atoms with Gasteiger partial charge in [0, 0.05) is 18.5 Å². The minimum absolute atomic E-state index is 0.0526. The van der Waals surface area contributed by atoms with E-state index in [0.717, 1.165) is 36.9 Å². The Morgan fingerprint density at radius 3 is 2.84 bits per heavy atom. The molecule has 1 aliphatic rings. The predicted molar refractivity (Wildman–Crippen MR) is 74.2 cm³/mol. The second-order valence-electron chi connectivity index (χ2n) is 5.04. The molecule has 2 heterocycles. The second kappa shape index (κ2) is 5.05. The van der Waals surface area contributed by atoms with Gasteiger partial charge in [0.05, 0.1) is 5.56 Å². The monoisotopic (exact) mass is 258 g/mol. The summed E-state index contributed by atoms with van der Waals surface area (Å²) in [5, 5.41) is 4.21. The molecule has 0 aliphatic carbocycles. The zero-order valence-corrected chi connectivity index (χ0v) is 11.1. The summed E-state index contributed by atoms with van der Waals surface area (Å²) in [5.41, 5.74) is 1.43. The molecule has 0 radical (unpaired) electrons. The highest BCUT2D eigenvalue weighted by Crippen LogP contribution is 2.23. The van der Waals surface area contributed by atoms with E-state index in [1.165, 1.54) is 0 Å². The first-order valence-corrected chi connectivity index (χ1v) is 6.71. The van der Waals surface area contributed by atoms with Crippen molar-refractivity contribution in [1.29, 1.82) is 0 Å². The van der Waals surface area contributed by atoms with E-state index in [-0.39, 0.29) is 5.91 Å². The lowest BCUT2D eigenvalue weighted by Crippen LogP contribution is -2.43. The first-order chi connectivity index (χ1) is 9.27. The van der Waals surface area contributed by atoms with Crippen LogP contribution in [0.2, 0.25) is 0 Å². The van der Waals surface area contributed by atoms with Crippen LogP contribution in [0.15, 0.2) is 34.9 Å². The van der Waals surface area contributed by atoms with Crippen LogP contribution < -0.4 is 5.32 Å². The van der Waals surface area contributed by atoms with Crippen molar-refractivity contribution in [3.05, 3.63) is 36.1 Å². The maximum Gasteiger partial charge on any atom is 0.257 e. The average Bonchev–Trinajstić information content (AvgIpc) is 2.90. The molecule has 19 heavy (non-hydrogen) atoms. The van der Waals surface area contributed by atoms with Gasteiger partial charge in [0.2, 0.25) is 0 Å². The maximum absolute atomic E-state index is 12.6. The third-order valence-corrected chi connectivity index (χ3v) is 3.89. The Bertz CT molecular complexity index is 585. The van der Waals surface area contributed by atoms with E-state index in [2.05, 4.69) is 5.32 Å². The van der Waals surface area contributed by atoms with Crippen molar-refractivity contribution in [2.75, 3.05) is 20.1 Å². The lowest BCUT2D eigenvalue weighted by Gasteiger charge is -2.31. The topological polar surface area (TPSA) is 45.5 Å². The molecule has 0 saturated carbocycles. The number of piperidine rings is 1. The summed E-state index contributed by atoms with van der Waals surface area (Å²) in [7, 11) is 1.89. The van der Waals surface area contributed by atoms with Gasteiger partial charge in [-0.3, -0.25) is 4.79 Å². The van der Waals surface area contributed by atoms with Gasteiger partial charge in [0.15, 0.2) is 0 Å². The molecule has 100 valence electrons. The van der Waals surface area contributed by atoms with Gasteiger partial charge in [-0.15, -0.1) is 0 Å². The van der Waals surface area contributed by atoms with Crippen LogP contribution in [0.1, 0.15) is 23.2 Å². The summed E-state index contributed by atoms with van der Waals surface area (Å²) in [5.74, 6) is 0.0526. The Balaban J connectivity index is 1.86. The lowest BCUT2D eigenvalue weighted by molar-refractivity contribution is 0.0704.